The zero-order valence-electron chi connectivity index (χ0n) is 14.1. The summed E-state index contributed by atoms with van der Waals surface area (Å²) in [5, 5.41) is 19.1. The van der Waals surface area contributed by atoms with Crippen molar-refractivity contribution in [3.63, 3.8) is 0 Å². The summed E-state index contributed by atoms with van der Waals surface area (Å²) in [7, 11) is 0. The Kier molecular flexibility index (Phi) is 5.37. The van der Waals surface area contributed by atoms with E-state index in [1.54, 1.807) is 60.7 Å². The second-order valence-electron chi connectivity index (χ2n) is 5.87. The van der Waals surface area contributed by atoms with Gasteiger partial charge in [0.15, 0.2) is 11.6 Å². The third-order valence-electron chi connectivity index (χ3n) is 4.24. The van der Waals surface area contributed by atoms with Crippen molar-refractivity contribution in [2.75, 3.05) is 0 Å². The SMILES string of the molecule is O=C(c1ccccc1)c1cc(CO)c(CO)cc1C(=O)c1ccccc1. The summed E-state index contributed by atoms with van der Waals surface area (Å²) in [6.45, 7) is -0.657. The number of aliphatic hydroxyl groups is 2. The summed E-state index contributed by atoms with van der Waals surface area (Å²) in [6.07, 6.45) is 0. The second-order valence-corrected chi connectivity index (χ2v) is 5.87. The first kappa shape index (κ1) is 17.7. The maximum absolute atomic E-state index is 13.0. The van der Waals surface area contributed by atoms with Crippen LogP contribution in [0.2, 0.25) is 0 Å². The van der Waals surface area contributed by atoms with Crippen LogP contribution in [0.25, 0.3) is 0 Å². The molecule has 4 heteroatoms. The van der Waals surface area contributed by atoms with Crippen LogP contribution in [0, 0.1) is 0 Å². The minimum atomic E-state index is -0.329. The molecule has 0 aliphatic carbocycles. The van der Waals surface area contributed by atoms with Crippen molar-refractivity contribution in [1.82, 2.24) is 0 Å². The van der Waals surface area contributed by atoms with Crippen LogP contribution in [0.15, 0.2) is 72.8 Å². The molecule has 0 aliphatic rings. The van der Waals surface area contributed by atoms with E-state index in [-0.39, 0.29) is 35.9 Å². The van der Waals surface area contributed by atoms with Gasteiger partial charge in [-0.05, 0) is 23.3 Å². The van der Waals surface area contributed by atoms with Crippen molar-refractivity contribution >= 4 is 11.6 Å². The molecule has 0 atom stereocenters. The number of hydrogen-bond acceptors (Lipinski definition) is 4. The average Bonchev–Trinajstić information content (AvgIpc) is 2.73. The van der Waals surface area contributed by atoms with E-state index in [9.17, 15) is 19.8 Å². The fourth-order valence-corrected chi connectivity index (χ4v) is 2.85. The molecule has 0 radical (unpaired) electrons. The average molecular weight is 346 g/mol. The van der Waals surface area contributed by atoms with Gasteiger partial charge in [-0.3, -0.25) is 9.59 Å². The van der Waals surface area contributed by atoms with Gasteiger partial charge in [-0.1, -0.05) is 60.7 Å². The third-order valence-corrected chi connectivity index (χ3v) is 4.24. The highest BCUT2D eigenvalue weighted by Gasteiger charge is 2.22. The molecule has 26 heavy (non-hydrogen) atoms. The maximum Gasteiger partial charge on any atom is 0.193 e. The quantitative estimate of drug-likeness (QED) is 0.673. The Morgan fingerprint density at radius 1 is 0.615 bits per heavy atom. The monoisotopic (exact) mass is 346 g/mol. The first-order valence-electron chi connectivity index (χ1n) is 8.22. The topological polar surface area (TPSA) is 74.6 Å². The van der Waals surface area contributed by atoms with E-state index in [1.807, 2.05) is 0 Å². The van der Waals surface area contributed by atoms with Gasteiger partial charge in [0, 0.05) is 22.3 Å². The third kappa shape index (κ3) is 3.47. The van der Waals surface area contributed by atoms with Gasteiger partial charge in [0.2, 0.25) is 0 Å². The van der Waals surface area contributed by atoms with E-state index in [4.69, 9.17) is 0 Å². The Morgan fingerprint density at radius 3 is 1.27 bits per heavy atom. The van der Waals surface area contributed by atoms with E-state index in [0.717, 1.165) is 0 Å². The van der Waals surface area contributed by atoms with Gasteiger partial charge >= 0.3 is 0 Å². The van der Waals surface area contributed by atoms with Crippen LogP contribution in [0.1, 0.15) is 43.0 Å². The normalized spacial score (nSPS) is 10.5. The van der Waals surface area contributed by atoms with Gasteiger partial charge in [-0.15, -0.1) is 0 Å². The molecule has 0 heterocycles. The van der Waals surface area contributed by atoms with Gasteiger partial charge in [0.05, 0.1) is 13.2 Å². The van der Waals surface area contributed by atoms with Gasteiger partial charge in [0.1, 0.15) is 0 Å². The molecule has 0 aromatic heterocycles. The zero-order chi connectivity index (χ0) is 18.5. The lowest BCUT2D eigenvalue weighted by Crippen LogP contribution is -2.13. The molecule has 0 bridgehead atoms. The molecule has 0 spiro atoms. The predicted octanol–water partition coefficient (Wildman–Crippen LogP) is 3.13. The van der Waals surface area contributed by atoms with Gasteiger partial charge in [-0.2, -0.15) is 0 Å². The second kappa shape index (κ2) is 7.87. The van der Waals surface area contributed by atoms with E-state index in [0.29, 0.717) is 22.3 Å². The molecule has 0 saturated heterocycles. The van der Waals surface area contributed by atoms with E-state index in [1.165, 1.54) is 12.1 Å². The number of rotatable bonds is 6. The molecule has 130 valence electrons. The maximum atomic E-state index is 13.0. The van der Waals surface area contributed by atoms with Crippen LogP contribution in [0.5, 0.6) is 0 Å². The Bertz CT molecular complexity index is 853. The minimum absolute atomic E-state index is 0.214. The van der Waals surface area contributed by atoms with Gasteiger partial charge in [0.25, 0.3) is 0 Å². The van der Waals surface area contributed by atoms with Crippen molar-refractivity contribution in [3.8, 4) is 0 Å². The zero-order valence-corrected chi connectivity index (χ0v) is 14.1. The summed E-state index contributed by atoms with van der Waals surface area (Å²) in [5.74, 6) is -0.604. The number of benzene rings is 3. The Hall–Kier alpha value is -3.08. The summed E-state index contributed by atoms with van der Waals surface area (Å²) >= 11 is 0. The highest BCUT2D eigenvalue weighted by Crippen LogP contribution is 2.23. The molecule has 3 aromatic carbocycles. The molecular weight excluding hydrogens is 328 g/mol. The molecule has 3 rings (SSSR count). The fraction of sp³-hybridized carbons (Fsp3) is 0.0909. The van der Waals surface area contributed by atoms with Crippen molar-refractivity contribution < 1.29 is 19.8 Å². The molecule has 0 unspecified atom stereocenters. The van der Waals surface area contributed by atoms with E-state index in [2.05, 4.69) is 0 Å². The lowest BCUT2D eigenvalue weighted by Gasteiger charge is -2.14. The smallest absolute Gasteiger partial charge is 0.193 e. The number of aliphatic hydroxyl groups excluding tert-OH is 2. The summed E-state index contributed by atoms with van der Waals surface area (Å²) in [4.78, 5) is 25.9. The van der Waals surface area contributed by atoms with Crippen LogP contribution in [0.3, 0.4) is 0 Å². The Labute approximate surface area is 151 Å². The van der Waals surface area contributed by atoms with Crippen LogP contribution in [0.4, 0.5) is 0 Å². The van der Waals surface area contributed by atoms with Gasteiger partial charge < -0.3 is 10.2 Å². The van der Waals surface area contributed by atoms with E-state index >= 15 is 0 Å². The van der Waals surface area contributed by atoms with E-state index < -0.39 is 0 Å². The van der Waals surface area contributed by atoms with Crippen LogP contribution in [-0.4, -0.2) is 21.8 Å². The molecule has 4 nitrogen and oxygen atoms in total. The lowest BCUT2D eigenvalue weighted by molar-refractivity contribution is 0.100. The predicted molar refractivity (Wildman–Crippen MR) is 98.0 cm³/mol. The molecule has 3 aromatic rings. The summed E-state index contributed by atoms with van der Waals surface area (Å²) in [5.41, 5.74) is 2.19. The Morgan fingerprint density at radius 2 is 0.962 bits per heavy atom. The summed E-state index contributed by atoms with van der Waals surface area (Å²) < 4.78 is 0. The van der Waals surface area contributed by atoms with Crippen molar-refractivity contribution in [3.05, 3.63) is 106 Å². The number of hydrogen-bond donors (Lipinski definition) is 2. The first-order valence-corrected chi connectivity index (χ1v) is 8.22. The van der Waals surface area contributed by atoms with Gasteiger partial charge in [-0.25, -0.2) is 0 Å². The highest BCUT2D eigenvalue weighted by atomic mass is 16.3. The molecular formula is C22H18O4. The van der Waals surface area contributed by atoms with Crippen molar-refractivity contribution in [2.45, 2.75) is 13.2 Å². The highest BCUT2D eigenvalue weighted by molar-refractivity contribution is 6.19. The first-order chi connectivity index (χ1) is 12.7. The summed E-state index contributed by atoms with van der Waals surface area (Å²) in [6, 6.07) is 20.3. The molecule has 0 saturated carbocycles. The lowest BCUT2D eigenvalue weighted by atomic mass is 9.89. The Balaban J connectivity index is 2.18. The van der Waals surface area contributed by atoms with Crippen molar-refractivity contribution in [2.24, 2.45) is 0 Å². The van der Waals surface area contributed by atoms with Crippen LogP contribution >= 0.6 is 0 Å². The molecule has 0 amide bonds. The molecule has 2 N–H and O–H groups in total. The number of carbonyl (C=O) groups is 2. The van der Waals surface area contributed by atoms with Crippen molar-refractivity contribution in [1.29, 1.82) is 0 Å². The standard InChI is InChI=1S/C22H18O4/c23-13-17-11-19(21(25)15-7-3-1-4-8-15)20(12-18(17)14-24)22(26)16-9-5-2-6-10-16/h1-12,23-24H,13-14H2. The fourth-order valence-electron chi connectivity index (χ4n) is 2.85. The minimum Gasteiger partial charge on any atom is -0.392 e. The number of ketones is 2. The molecule has 0 aliphatic heterocycles. The van der Waals surface area contributed by atoms with Crippen LogP contribution in [-0.2, 0) is 13.2 Å². The molecule has 0 fully saturated rings. The largest absolute Gasteiger partial charge is 0.392 e. The number of carbonyl (C=O) groups excluding carboxylic acids is 2. The van der Waals surface area contributed by atoms with Crippen LogP contribution < -0.4 is 0 Å².